The normalized spacial score (nSPS) is 11.7. The minimum atomic E-state index is -0.183. The van der Waals surface area contributed by atoms with E-state index in [9.17, 15) is 0 Å². The molecule has 0 bridgehead atoms. The van der Waals surface area contributed by atoms with E-state index in [1.165, 1.54) is 29.9 Å². The van der Waals surface area contributed by atoms with Crippen LogP contribution >= 0.6 is 24.9 Å². The van der Waals surface area contributed by atoms with Crippen molar-refractivity contribution in [2.75, 3.05) is 6.16 Å². The van der Waals surface area contributed by atoms with Crippen molar-refractivity contribution in [1.82, 2.24) is 0 Å². The van der Waals surface area contributed by atoms with Gasteiger partial charge in [-0.25, -0.2) is 0 Å². The molecule has 2 rings (SSSR count). The molecule has 2 aromatic rings. The molecule has 20 heavy (non-hydrogen) atoms. The number of rotatable bonds is 6. The van der Waals surface area contributed by atoms with Gasteiger partial charge >= 0.3 is 0 Å². The first kappa shape index (κ1) is 17.4. The highest BCUT2D eigenvalue weighted by molar-refractivity contribution is 8.93. The Morgan fingerprint density at radius 1 is 0.850 bits per heavy atom. The van der Waals surface area contributed by atoms with Gasteiger partial charge in [0.1, 0.15) is 0 Å². The van der Waals surface area contributed by atoms with Crippen molar-refractivity contribution in [2.45, 2.75) is 33.1 Å². The van der Waals surface area contributed by atoms with Gasteiger partial charge in [0, 0.05) is 0 Å². The molecule has 0 aliphatic heterocycles. The summed E-state index contributed by atoms with van der Waals surface area (Å²) >= 11 is 0. The Bertz CT molecular complexity index is 496. The molecule has 0 aliphatic carbocycles. The summed E-state index contributed by atoms with van der Waals surface area (Å²) in [6.07, 6.45) is 5.04. The highest BCUT2D eigenvalue weighted by Gasteiger charge is 2.15. The van der Waals surface area contributed by atoms with Crippen LogP contribution < -0.4 is 10.6 Å². The third-order valence-electron chi connectivity index (χ3n) is 3.47. The zero-order valence-corrected chi connectivity index (χ0v) is 15.0. The van der Waals surface area contributed by atoms with E-state index in [4.69, 9.17) is 0 Å². The van der Waals surface area contributed by atoms with Crippen LogP contribution in [0.2, 0.25) is 0 Å². The number of benzene rings is 2. The molecule has 0 nitrogen and oxygen atoms in total. The van der Waals surface area contributed by atoms with E-state index in [2.05, 4.69) is 68.4 Å². The Balaban J connectivity index is 0.00000200. The second kappa shape index (κ2) is 9.32. The second-order valence-corrected chi connectivity index (χ2v) is 7.12. The van der Waals surface area contributed by atoms with Crippen molar-refractivity contribution in [3.8, 4) is 0 Å². The van der Waals surface area contributed by atoms with Gasteiger partial charge in [0.25, 0.3) is 0 Å². The van der Waals surface area contributed by atoms with Crippen LogP contribution in [-0.2, 0) is 6.42 Å². The smallest absolute Gasteiger partial charge is 0.0163 e. The molecular formula is C18H24BrP. The Labute approximate surface area is 135 Å². The highest BCUT2D eigenvalue weighted by atomic mass is 79.9. The Morgan fingerprint density at radius 2 is 1.50 bits per heavy atom. The van der Waals surface area contributed by atoms with Crippen LogP contribution in [0.1, 0.15) is 32.3 Å². The largest absolute Gasteiger partial charge is 0.114 e. The fraction of sp³-hybridized carbons (Fsp3) is 0.333. The first-order chi connectivity index (χ1) is 9.36. The van der Waals surface area contributed by atoms with Crippen molar-refractivity contribution >= 4 is 35.5 Å². The van der Waals surface area contributed by atoms with Crippen molar-refractivity contribution in [3.63, 3.8) is 0 Å². The molecule has 0 amide bonds. The maximum atomic E-state index is 2.34. The third kappa shape index (κ3) is 4.43. The molecule has 0 spiro atoms. The molecule has 108 valence electrons. The van der Waals surface area contributed by atoms with Gasteiger partial charge in [0.2, 0.25) is 0 Å². The lowest BCUT2D eigenvalue weighted by atomic mass is 10.2. The quantitative estimate of drug-likeness (QED) is 0.638. The zero-order chi connectivity index (χ0) is 13.5. The standard InChI is InChI=1S/C18H23P.BrH/c1-3-5-15-19(17-12-7-6-8-13-17)18-14-10-9-11-16(18)4-2;/h6-14H,3-5,15H2,1-2H3;1H. The van der Waals surface area contributed by atoms with Gasteiger partial charge in [-0.3, -0.25) is 0 Å². The lowest BCUT2D eigenvalue weighted by Gasteiger charge is -2.21. The van der Waals surface area contributed by atoms with Crippen LogP contribution in [0.15, 0.2) is 54.6 Å². The maximum Gasteiger partial charge on any atom is -0.0163 e. The van der Waals surface area contributed by atoms with Crippen LogP contribution in [0.5, 0.6) is 0 Å². The molecule has 2 aromatic carbocycles. The van der Waals surface area contributed by atoms with Gasteiger partial charge in [-0.05, 0) is 43.1 Å². The summed E-state index contributed by atoms with van der Waals surface area (Å²) in [5.74, 6) is 0. The van der Waals surface area contributed by atoms with E-state index >= 15 is 0 Å². The van der Waals surface area contributed by atoms with Gasteiger partial charge < -0.3 is 0 Å². The lowest BCUT2D eigenvalue weighted by Crippen LogP contribution is -2.17. The molecule has 1 atom stereocenters. The van der Waals surface area contributed by atoms with Crippen molar-refractivity contribution < 1.29 is 0 Å². The van der Waals surface area contributed by atoms with E-state index < -0.39 is 0 Å². The number of halogens is 1. The number of unbranched alkanes of at least 4 members (excludes halogenated alkanes) is 1. The second-order valence-electron chi connectivity index (χ2n) is 4.82. The zero-order valence-electron chi connectivity index (χ0n) is 12.4. The maximum absolute atomic E-state index is 2.34. The summed E-state index contributed by atoms with van der Waals surface area (Å²) in [5, 5.41) is 3.10. The Hall–Kier alpha value is -0.650. The first-order valence-corrected chi connectivity index (χ1v) is 8.80. The topological polar surface area (TPSA) is 0 Å². The summed E-state index contributed by atoms with van der Waals surface area (Å²) in [4.78, 5) is 0. The number of aryl methyl sites for hydroxylation is 1. The van der Waals surface area contributed by atoms with Crippen molar-refractivity contribution in [2.24, 2.45) is 0 Å². The molecule has 0 aromatic heterocycles. The summed E-state index contributed by atoms with van der Waals surface area (Å²) in [6, 6.07) is 20.0. The van der Waals surface area contributed by atoms with Gasteiger partial charge in [0.15, 0.2) is 0 Å². The molecule has 0 saturated heterocycles. The van der Waals surface area contributed by atoms with Gasteiger partial charge in [0.05, 0.1) is 0 Å². The third-order valence-corrected chi connectivity index (χ3v) is 6.17. The minimum Gasteiger partial charge on any atom is -0.114 e. The molecule has 0 N–H and O–H groups in total. The lowest BCUT2D eigenvalue weighted by molar-refractivity contribution is 0.893. The fourth-order valence-corrected chi connectivity index (χ4v) is 5.17. The molecule has 1 unspecified atom stereocenters. The SMILES string of the molecule is Br.CCCCP(c1ccccc1)c1ccccc1CC. The summed E-state index contributed by atoms with van der Waals surface area (Å²) in [7, 11) is -0.183. The highest BCUT2D eigenvalue weighted by Crippen LogP contribution is 2.36. The van der Waals surface area contributed by atoms with E-state index in [1.807, 2.05) is 0 Å². The number of hydrogen-bond acceptors (Lipinski definition) is 0. The number of hydrogen-bond donors (Lipinski definition) is 0. The van der Waals surface area contributed by atoms with Gasteiger partial charge in [-0.1, -0.05) is 74.9 Å². The predicted molar refractivity (Wildman–Crippen MR) is 98.5 cm³/mol. The summed E-state index contributed by atoms with van der Waals surface area (Å²) < 4.78 is 0. The van der Waals surface area contributed by atoms with Gasteiger partial charge in [-0.15, -0.1) is 17.0 Å². The molecule has 0 saturated carbocycles. The molecular weight excluding hydrogens is 327 g/mol. The monoisotopic (exact) mass is 350 g/mol. The van der Waals surface area contributed by atoms with Crippen LogP contribution in [0.25, 0.3) is 0 Å². The van der Waals surface area contributed by atoms with E-state index in [0.717, 1.165) is 6.42 Å². The van der Waals surface area contributed by atoms with Crippen molar-refractivity contribution in [1.29, 1.82) is 0 Å². The van der Waals surface area contributed by atoms with Crippen LogP contribution in [0.4, 0.5) is 0 Å². The van der Waals surface area contributed by atoms with Crippen LogP contribution in [0, 0.1) is 0 Å². The Kier molecular flexibility index (Phi) is 8.11. The molecule has 2 heteroatoms. The van der Waals surface area contributed by atoms with E-state index in [0.29, 0.717) is 0 Å². The van der Waals surface area contributed by atoms with Gasteiger partial charge in [-0.2, -0.15) is 0 Å². The minimum absolute atomic E-state index is 0. The molecule has 0 fully saturated rings. The average Bonchev–Trinajstić information content (AvgIpc) is 2.49. The fourth-order valence-electron chi connectivity index (χ4n) is 2.39. The summed E-state index contributed by atoms with van der Waals surface area (Å²) in [6.45, 7) is 4.54. The van der Waals surface area contributed by atoms with Crippen molar-refractivity contribution in [3.05, 3.63) is 60.2 Å². The molecule has 0 heterocycles. The predicted octanol–water partition coefficient (Wildman–Crippen LogP) is 5.06. The molecule has 0 radical (unpaired) electrons. The first-order valence-electron chi connectivity index (χ1n) is 7.27. The van der Waals surface area contributed by atoms with Crippen LogP contribution in [0.3, 0.4) is 0 Å². The summed E-state index contributed by atoms with van der Waals surface area (Å²) in [5.41, 5.74) is 1.52. The van der Waals surface area contributed by atoms with E-state index in [1.54, 1.807) is 5.30 Å². The van der Waals surface area contributed by atoms with E-state index in [-0.39, 0.29) is 24.9 Å². The Morgan fingerprint density at radius 3 is 2.15 bits per heavy atom. The average molecular weight is 351 g/mol. The van der Waals surface area contributed by atoms with Crippen LogP contribution in [-0.4, -0.2) is 6.16 Å². The molecule has 0 aliphatic rings.